The lowest BCUT2D eigenvalue weighted by atomic mass is 9.91. The van der Waals surface area contributed by atoms with Gasteiger partial charge in [-0.1, -0.05) is 39.8 Å². The van der Waals surface area contributed by atoms with Crippen LogP contribution in [0.15, 0.2) is 30.0 Å². The molecule has 2 heterocycles. The Bertz CT molecular complexity index is 965. The molecule has 0 atom stereocenters. The summed E-state index contributed by atoms with van der Waals surface area (Å²) in [4.78, 5) is 16.8. The number of carbonyl (C=O) groups is 1. The topological polar surface area (TPSA) is 53.4 Å². The minimum Gasteiger partial charge on any atom is -0.493 e. The van der Waals surface area contributed by atoms with Gasteiger partial charge in [-0.25, -0.2) is 9.78 Å². The third-order valence-electron chi connectivity index (χ3n) is 5.16. The summed E-state index contributed by atoms with van der Waals surface area (Å²) < 4.78 is 13.0. The molecule has 0 saturated heterocycles. The van der Waals surface area contributed by atoms with Gasteiger partial charge in [-0.15, -0.1) is 0 Å². The van der Waals surface area contributed by atoms with Crippen molar-refractivity contribution < 1.29 is 14.3 Å². The number of esters is 1. The van der Waals surface area contributed by atoms with Crippen LogP contribution in [0.4, 0.5) is 0 Å². The number of aromatic nitrogens is 2. The van der Waals surface area contributed by atoms with Gasteiger partial charge in [0, 0.05) is 11.8 Å². The van der Waals surface area contributed by atoms with Gasteiger partial charge in [0.2, 0.25) is 0 Å². The summed E-state index contributed by atoms with van der Waals surface area (Å²) in [5.74, 6) is 2.04. The second-order valence-corrected chi connectivity index (χ2v) is 7.85. The Kier molecular flexibility index (Phi) is 6.26. The van der Waals surface area contributed by atoms with Crippen LogP contribution in [-0.2, 0) is 9.53 Å². The molecule has 0 fully saturated rings. The maximum Gasteiger partial charge on any atom is 0.335 e. The Morgan fingerprint density at radius 3 is 2.59 bits per heavy atom. The van der Waals surface area contributed by atoms with E-state index in [4.69, 9.17) is 9.47 Å². The smallest absolute Gasteiger partial charge is 0.335 e. The zero-order valence-electron chi connectivity index (χ0n) is 18.2. The fraction of sp³-hybridized carbons (Fsp3) is 0.417. The number of allylic oxidation sites excluding steroid dienone is 1. The van der Waals surface area contributed by atoms with Crippen LogP contribution < -0.4 is 4.74 Å². The van der Waals surface area contributed by atoms with Crippen LogP contribution in [0.5, 0.6) is 5.75 Å². The van der Waals surface area contributed by atoms with E-state index in [0.29, 0.717) is 30.4 Å². The van der Waals surface area contributed by atoms with Crippen LogP contribution in [-0.4, -0.2) is 29.2 Å². The minimum absolute atomic E-state index is 0.321. The highest BCUT2D eigenvalue weighted by atomic mass is 16.5. The van der Waals surface area contributed by atoms with E-state index in [1.54, 1.807) is 0 Å². The van der Waals surface area contributed by atoms with Gasteiger partial charge < -0.3 is 9.47 Å². The van der Waals surface area contributed by atoms with Gasteiger partial charge in [-0.05, 0) is 48.4 Å². The Balaban J connectivity index is 2.28. The third kappa shape index (κ3) is 4.14. The molecule has 0 radical (unpaired) electrons. The second-order valence-electron chi connectivity index (χ2n) is 7.85. The number of fused-ring (bicyclic) bond motifs is 1. The molecule has 5 heteroatoms. The molecule has 0 N–H and O–H groups in total. The van der Waals surface area contributed by atoms with E-state index in [0.717, 1.165) is 22.8 Å². The standard InChI is InChI=1S/C24H30N2O3/c1-7-29-23-19(16(4)5)11-18(15(2)3)12-20(23)21-13-25-22-10-8-9-17(14-26(21)22)24(27)28-6/h8,10-16H,7,9H2,1-6H3. The third-order valence-corrected chi connectivity index (χ3v) is 5.16. The van der Waals surface area contributed by atoms with Gasteiger partial charge in [0.05, 0.1) is 31.2 Å². The zero-order chi connectivity index (χ0) is 21.1. The van der Waals surface area contributed by atoms with Crippen molar-refractivity contribution >= 4 is 18.2 Å². The van der Waals surface area contributed by atoms with Crippen molar-refractivity contribution in [2.75, 3.05) is 13.7 Å². The SMILES string of the molecule is CCOc1c(-c2cnc3n2C=C(C(=O)OC)CC=C3)cc(C(C)C)cc1C(C)C. The van der Waals surface area contributed by atoms with Gasteiger partial charge in [0.15, 0.2) is 0 Å². The predicted octanol–water partition coefficient (Wildman–Crippen LogP) is 5.63. The average molecular weight is 395 g/mol. The lowest BCUT2D eigenvalue weighted by Crippen LogP contribution is -2.07. The number of hydrogen-bond donors (Lipinski definition) is 0. The van der Waals surface area contributed by atoms with Crippen molar-refractivity contribution in [3.63, 3.8) is 0 Å². The Morgan fingerprint density at radius 2 is 1.97 bits per heavy atom. The molecule has 0 bridgehead atoms. The van der Waals surface area contributed by atoms with E-state index in [2.05, 4.69) is 44.8 Å². The van der Waals surface area contributed by atoms with Gasteiger partial charge >= 0.3 is 5.97 Å². The number of ether oxygens (including phenoxy) is 2. The molecule has 5 nitrogen and oxygen atoms in total. The molecule has 29 heavy (non-hydrogen) atoms. The van der Waals surface area contributed by atoms with Gasteiger partial charge in [-0.2, -0.15) is 0 Å². The summed E-state index contributed by atoms with van der Waals surface area (Å²) in [5, 5.41) is 0. The normalized spacial score (nSPS) is 13.3. The summed E-state index contributed by atoms with van der Waals surface area (Å²) in [6.45, 7) is 11.3. The monoisotopic (exact) mass is 394 g/mol. The molecule has 1 aliphatic heterocycles. The second kappa shape index (κ2) is 8.68. The lowest BCUT2D eigenvalue weighted by Gasteiger charge is -2.21. The Morgan fingerprint density at radius 1 is 1.21 bits per heavy atom. The molecular formula is C24H30N2O3. The summed E-state index contributed by atoms with van der Waals surface area (Å²) in [6.07, 6.45) is 8.06. The quantitative estimate of drug-likeness (QED) is 0.596. The first kappa shape index (κ1) is 20.9. The highest BCUT2D eigenvalue weighted by Gasteiger charge is 2.22. The molecule has 1 aromatic heterocycles. The maximum absolute atomic E-state index is 12.2. The molecule has 3 rings (SSSR count). The van der Waals surface area contributed by atoms with Gasteiger partial charge in [0.1, 0.15) is 11.6 Å². The molecule has 0 unspecified atom stereocenters. The van der Waals surface area contributed by atoms with Crippen LogP contribution in [0.25, 0.3) is 23.5 Å². The molecule has 2 aromatic rings. The summed E-state index contributed by atoms with van der Waals surface area (Å²) >= 11 is 0. The lowest BCUT2D eigenvalue weighted by molar-refractivity contribution is -0.136. The highest BCUT2D eigenvalue weighted by Crippen LogP contribution is 2.40. The Hall–Kier alpha value is -2.82. The summed E-state index contributed by atoms with van der Waals surface area (Å²) in [5.41, 5.74) is 4.93. The largest absolute Gasteiger partial charge is 0.493 e. The number of imidazole rings is 1. The molecule has 1 aromatic carbocycles. The minimum atomic E-state index is -0.328. The van der Waals surface area contributed by atoms with E-state index in [1.165, 1.54) is 18.2 Å². The number of nitrogens with zero attached hydrogens (tertiary/aromatic N) is 2. The van der Waals surface area contributed by atoms with Crippen molar-refractivity contribution in [1.82, 2.24) is 9.55 Å². The number of carbonyl (C=O) groups excluding carboxylic acids is 1. The van der Waals surface area contributed by atoms with Crippen LogP contribution in [0.1, 0.15) is 69.8 Å². The van der Waals surface area contributed by atoms with Crippen LogP contribution in [0, 0.1) is 0 Å². The molecule has 1 aliphatic rings. The Labute approximate surface area is 173 Å². The molecule has 0 spiro atoms. The first-order valence-corrected chi connectivity index (χ1v) is 10.2. The average Bonchev–Trinajstić information content (AvgIpc) is 2.96. The number of rotatable bonds is 6. The summed E-state index contributed by atoms with van der Waals surface area (Å²) in [7, 11) is 1.40. The van der Waals surface area contributed by atoms with E-state index in [9.17, 15) is 4.79 Å². The van der Waals surface area contributed by atoms with Crippen molar-refractivity contribution in [1.29, 1.82) is 0 Å². The summed E-state index contributed by atoms with van der Waals surface area (Å²) in [6, 6.07) is 4.44. The van der Waals surface area contributed by atoms with E-state index in [1.807, 2.05) is 36.0 Å². The maximum atomic E-state index is 12.2. The molecular weight excluding hydrogens is 364 g/mol. The molecule has 154 valence electrons. The first-order chi connectivity index (χ1) is 13.9. The van der Waals surface area contributed by atoms with Crippen LogP contribution in [0.3, 0.4) is 0 Å². The van der Waals surface area contributed by atoms with Gasteiger partial charge in [0.25, 0.3) is 0 Å². The highest BCUT2D eigenvalue weighted by molar-refractivity contribution is 5.93. The fourth-order valence-electron chi connectivity index (χ4n) is 3.53. The van der Waals surface area contributed by atoms with Crippen molar-refractivity contribution in [3.8, 4) is 17.0 Å². The fourth-order valence-corrected chi connectivity index (χ4v) is 3.53. The van der Waals surface area contributed by atoms with E-state index < -0.39 is 0 Å². The first-order valence-electron chi connectivity index (χ1n) is 10.2. The van der Waals surface area contributed by atoms with Crippen LogP contribution in [0.2, 0.25) is 0 Å². The van der Waals surface area contributed by atoms with E-state index in [-0.39, 0.29) is 5.97 Å². The van der Waals surface area contributed by atoms with Crippen LogP contribution >= 0.6 is 0 Å². The number of hydrogen-bond acceptors (Lipinski definition) is 4. The predicted molar refractivity (Wildman–Crippen MR) is 117 cm³/mol. The van der Waals surface area contributed by atoms with Gasteiger partial charge in [-0.3, -0.25) is 4.57 Å². The van der Waals surface area contributed by atoms with Crippen molar-refractivity contribution in [3.05, 3.63) is 46.9 Å². The number of benzene rings is 1. The molecule has 0 aliphatic carbocycles. The number of methoxy groups -OCH3 is 1. The van der Waals surface area contributed by atoms with Crippen molar-refractivity contribution in [2.24, 2.45) is 0 Å². The van der Waals surface area contributed by atoms with E-state index >= 15 is 0 Å². The zero-order valence-corrected chi connectivity index (χ0v) is 18.2. The molecule has 0 saturated carbocycles. The van der Waals surface area contributed by atoms with Crippen molar-refractivity contribution in [2.45, 2.75) is 52.9 Å². The molecule has 0 amide bonds.